The number of rotatable bonds is 1. The Bertz CT molecular complexity index is 249. The zero-order chi connectivity index (χ0) is 10.3. The van der Waals surface area contributed by atoms with E-state index in [9.17, 15) is 4.79 Å². The van der Waals surface area contributed by atoms with E-state index in [2.05, 4.69) is 0 Å². The zero-order valence-electron chi connectivity index (χ0n) is 7.27. The molecule has 1 atom stereocenters. The summed E-state index contributed by atoms with van der Waals surface area (Å²) in [5, 5.41) is 8.66. The number of nitrogens with two attached hydrogens (primary N) is 1. The minimum Gasteiger partial charge on any atom is -0.480 e. The Morgan fingerprint density at radius 2 is 1.85 bits per heavy atom. The first kappa shape index (κ1) is 11.9. The maximum atomic E-state index is 9.57. The molecule has 0 fully saturated rings. The molecule has 13 heavy (non-hydrogen) atoms. The van der Waals surface area contributed by atoms with Crippen LogP contribution >= 0.6 is 11.6 Å². The first-order chi connectivity index (χ1) is 6.04. The molecule has 72 valence electrons. The van der Waals surface area contributed by atoms with Crippen molar-refractivity contribution in [1.29, 1.82) is 0 Å². The van der Waals surface area contributed by atoms with Crippen molar-refractivity contribution in [3.63, 3.8) is 0 Å². The minimum atomic E-state index is -0.963. The highest BCUT2D eigenvalue weighted by Crippen LogP contribution is 2.03. The number of carboxylic acids is 1. The predicted molar refractivity (Wildman–Crippen MR) is 52.7 cm³/mol. The number of benzene rings is 1. The summed E-state index contributed by atoms with van der Waals surface area (Å²) in [6.07, 6.45) is 0. The van der Waals surface area contributed by atoms with Crippen LogP contribution in [0.5, 0.6) is 0 Å². The second kappa shape index (κ2) is 6.46. The normalized spacial score (nSPS) is 11.0. The summed E-state index contributed by atoms with van der Waals surface area (Å²) in [7, 11) is 0. The molecule has 0 aromatic heterocycles. The highest BCUT2D eigenvalue weighted by atomic mass is 35.5. The molecule has 0 radical (unpaired) electrons. The number of carbonyl (C=O) groups is 1. The summed E-state index contributed by atoms with van der Waals surface area (Å²) in [6, 6.07) is 8.71. The van der Waals surface area contributed by atoms with Crippen LogP contribution in [0, 0.1) is 0 Å². The maximum Gasteiger partial charge on any atom is 0.320 e. The van der Waals surface area contributed by atoms with E-state index >= 15 is 0 Å². The average Bonchev–Trinajstić information content (AvgIpc) is 2.06. The van der Waals surface area contributed by atoms with Gasteiger partial charge in [-0.25, -0.2) is 0 Å². The van der Waals surface area contributed by atoms with Gasteiger partial charge in [-0.15, -0.1) is 0 Å². The molecule has 1 aromatic rings. The van der Waals surface area contributed by atoms with Gasteiger partial charge in [-0.05, 0) is 19.1 Å². The van der Waals surface area contributed by atoms with Gasteiger partial charge in [0.15, 0.2) is 0 Å². The van der Waals surface area contributed by atoms with Gasteiger partial charge in [0.2, 0.25) is 0 Å². The van der Waals surface area contributed by atoms with Crippen molar-refractivity contribution >= 4 is 17.6 Å². The van der Waals surface area contributed by atoms with Crippen LogP contribution in [0.1, 0.15) is 6.92 Å². The second-order valence-corrected chi connectivity index (χ2v) is 2.86. The predicted octanol–water partition coefficient (Wildman–Crippen LogP) is 1.76. The van der Waals surface area contributed by atoms with E-state index in [1.807, 2.05) is 30.3 Å². The average molecular weight is 202 g/mol. The molecule has 1 rings (SSSR count). The lowest BCUT2D eigenvalue weighted by atomic mass is 10.4. The maximum absolute atomic E-state index is 9.57. The Morgan fingerprint density at radius 1 is 1.46 bits per heavy atom. The van der Waals surface area contributed by atoms with Gasteiger partial charge in [0.05, 0.1) is 0 Å². The van der Waals surface area contributed by atoms with Crippen molar-refractivity contribution in [3.8, 4) is 0 Å². The third-order valence-electron chi connectivity index (χ3n) is 1.12. The van der Waals surface area contributed by atoms with Crippen molar-refractivity contribution in [3.05, 3.63) is 35.4 Å². The molecule has 0 saturated heterocycles. The van der Waals surface area contributed by atoms with Gasteiger partial charge in [-0.3, -0.25) is 4.79 Å². The quantitative estimate of drug-likeness (QED) is 0.728. The van der Waals surface area contributed by atoms with E-state index in [4.69, 9.17) is 22.4 Å². The first-order valence-corrected chi connectivity index (χ1v) is 4.10. The molecule has 0 saturated carbocycles. The number of hydrogen-bond acceptors (Lipinski definition) is 2. The molecular formula is C9H12ClNO2. The lowest BCUT2D eigenvalue weighted by molar-refractivity contribution is -0.138. The SMILES string of the molecule is C[C@H](N)C(=O)O.Clc1ccccc1. The van der Waals surface area contributed by atoms with E-state index in [0.717, 1.165) is 5.02 Å². The summed E-state index contributed by atoms with van der Waals surface area (Å²) in [5.74, 6) is -0.963. The van der Waals surface area contributed by atoms with E-state index in [-0.39, 0.29) is 0 Å². The van der Waals surface area contributed by atoms with Crippen LogP contribution in [0.15, 0.2) is 30.3 Å². The van der Waals surface area contributed by atoms with E-state index in [0.29, 0.717) is 0 Å². The molecule has 0 bridgehead atoms. The molecule has 0 amide bonds. The summed E-state index contributed by atoms with van der Waals surface area (Å²) in [5.41, 5.74) is 4.84. The molecule has 0 spiro atoms. The summed E-state index contributed by atoms with van der Waals surface area (Å²) in [4.78, 5) is 9.57. The molecule has 4 heteroatoms. The minimum absolute atomic E-state index is 0.731. The first-order valence-electron chi connectivity index (χ1n) is 3.73. The van der Waals surface area contributed by atoms with E-state index < -0.39 is 12.0 Å². The molecule has 0 heterocycles. The molecule has 0 aliphatic carbocycles. The largest absolute Gasteiger partial charge is 0.480 e. The number of carboxylic acid groups (broad SMARTS) is 1. The van der Waals surface area contributed by atoms with Crippen molar-refractivity contribution < 1.29 is 9.90 Å². The van der Waals surface area contributed by atoms with Crippen LogP contribution in [0.25, 0.3) is 0 Å². The van der Waals surface area contributed by atoms with Gasteiger partial charge in [0.1, 0.15) is 6.04 Å². The lowest BCUT2D eigenvalue weighted by Gasteiger charge is -1.90. The second-order valence-electron chi connectivity index (χ2n) is 2.42. The smallest absolute Gasteiger partial charge is 0.320 e. The Hall–Kier alpha value is -1.06. The molecule has 3 nitrogen and oxygen atoms in total. The molecule has 0 aliphatic heterocycles. The standard InChI is InChI=1S/C6H5Cl.C3H7NO2/c7-6-4-2-1-3-5-6;1-2(4)3(5)6/h1-5H;2H,4H2,1H3,(H,5,6)/t;2-/m.0/s1. The Kier molecular flexibility index (Phi) is 5.93. The molecule has 1 aromatic carbocycles. The fraction of sp³-hybridized carbons (Fsp3) is 0.222. The molecular weight excluding hydrogens is 190 g/mol. The monoisotopic (exact) mass is 201 g/mol. The summed E-state index contributed by atoms with van der Waals surface area (Å²) < 4.78 is 0. The van der Waals surface area contributed by atoms with Crippen molar-refractivity contribution in [2.75, 3.05) is 0 Å². The Balaban J connectivity index is 0.000000226. The van der Waals surface area contributed by atoms with Crippen LogP contribution in [-0.2, 0) is 4.79 Å². The highest BCUT2D eigenvalue weighted by molar-refractivity contribution is 6.30. The van der Waals surface area contributed by atoms with Crippen molar-refractivity contribution in [2.24, 2.45) is 5.73 Å². The number of halogens is 1. The van der Waals surface area contributed by atoms with Crippen LogP contribution in [-0.4, -0.2) is 17.1 Å². The van der Waals surface area contributed by atoms with Gasteiger partial charge >= 0.3 is 5.97 Å². The van der Waals surface area contributed by atoms with Gasteiger partial charge < -0.3 is 10.8 Å². The topological polar surface area (TPSA) is 63.3 Å². The summed E-state index contributed by atoms with van der Waals surface area (Å²) in [6.45, 7) is 1.42. The molecule has 0 aliphatic rings. The molecule has 3 N–H and O–H groups in total. The Morgan fingerprint density at radius 3 is 2.00 bits per heavy atom. The van der Waals surface area contributed by atoms with Gasteiger partial charge in [-0.2, -0.15) is 0 Å². The van der Waals surface area contributed by atoms with Gasteiger partial charge in [0, 0.05) is 5.02 Å². The van der Waals surface area contributed by atoms with Crippen LogP contribution in [0.2, 0.25) is 5.02 Å². The van der Waals surface area contributed by atoms with E-state index in [1.54, 1.807) is 0 Å². The van der Waals surface area contributed by atoms with Gasteiger partial charge in [-0.1, -0.05) is 29.8 Å². The van der Waals surface area contributed by atoms with Crippen molar-refractivity contribution in [2.45, 2.75) is 13.0 Å². The number of aliphatic carboxylic acids is 1. The van der Waals surface area contributed by atoms with Crippen molar-refractivity contribution in [1.82, 2.24) is 0 Å². The zero-order valence-corrected chi connectivity index (χ0v) is 8.03. The van der Waals surface area contributed by atoms with Crippen LogP contribution < -0.4 is 5.73 Å². The third-order valence-corrected chi connectivity index (χ3v) is 1.37. The summed E-state index contributed by atoms with van der Waals surface area (Å²) >= 11 is 5.54. The fourth-order valence-corrected chi connectivity index (χ4v) is 0.560. The van der Waals surface area contributed by atoms with Crippen LogP contribution in [0.3, 0.4) is 0 Å². The third kappa shape index (κ3) is 7.31. The Labute approximate surface area is 82.1 Å². The lowest BCUT2D eigenvalue weighted by Crippen LogP contribution is -2.25. The van der Waals surface area contributed by atoms with Crippen LogP contribution in [0.4, 0.5) is 0 Å². The molecule has 0 unspecified atom stereocenters. The van der Waals surface area contributed by atoms with Gasteiger partial charge in [0.25, 0.3) is 0 Å². The highest BCUT2D eigenvalue weighted by Gasteiger charge is 1.99. The number of hydrogen-bond donors (Lipinski definition) is 2. The fourth-order valence-electron chi connectivity index (χ4n) is 0.415. The van der Waals surface area contributed by atoms with E-state index in [1.165, 1.54) is 6.92 Å².